The van der Waals surface area contributed by atoms with Gasteiger partial charge in [0.25, 0.3) is 0 Å². The molecule has 0 aliphatic heterocycles. The van der Waals surface area contributed by atoms with Crippen molar-refractivity contribution in [1.29, 1.82) is 0 Å². The molecule has 0 spiro atoms. The number of hydrogen-bond donors (Lipinski definition) is 2. The Labute approximate surface area is 174 Å². The van der Waals surface area contributed by atoms with Gasteiger partial charge in [0.15, 0.2) is 5.96 Å². The van der Waals surface area contributed by atoms with Gasteiger partial charge >= 0.3 is 6.18 Å². The fourth-order valence-corrected chi connectivity index (χ4v) is 2.52. The number of alkyl halides is 3. The number of benzene rings is 1. The lowest BCUT2D eigenvalue weighted by Crippen LogP contribution is -2.39. The first-order valence-corrected chi connectivity index (χ1v) is 8.53. The topological polar surface area (TPSA) is 54.2 Å². The molecular formula is C18H25F3IN5. The number of aromatic nitrogens is 2. The quantitative estimate of drug-likeness (QED) is 0.333. The fourth-order valence-electron chi connectivity index (χ4n) is 2.52. The average molecular weight is 495 g/mol. The lowest BCUT2D eigenvalue weighted by atomic mass is 10.1. The summed E-state index contributed by atoms with van der Waals surface area (Å²) < 4.78 is 38.6. The summed E-state index contributed by atoms with van der Waals surface area (Å²) in [6, 6.07) is 10.3. The Morgan fingerprint density at radius 2 is 1.93 bits per heavy atom. The van der Waals surface area contributed by atoms with Crippen LogP contribution in [0.3, 0.4) is 0 Å². The number of halogens is 4. The van der Waals surface area contributed by atoms with Gasteiger partial charge in [0.2, 0.25) is 0 Å². The minimum absolute atomic E-state index is 0. The third-order valence-electron chi connectivity index (χ3n) is 3.85. The predicted molar refractivity (Wildman–Crippen MR) is 111 cm³/mol. The number of nitrogens with one attached hydrogen (secondary N) is 2. The average Bonchev–Trinajstić information content (AvgIpc) is 3.05. The van der Waals surface area contributed by atoms with Crippen LogP contribution in [0, 0.1) is 0 Å². The normalized spacial score (nSPS) is 11.8. The molecule has 0 atom stereocenters. The molecule has 150 valence electrons. The first kappa shape index (κ1) is 23.3. The van der Waals surface area contributed by atoms with Crippen molar-refractivity contribution >= 4 is 29.9 Å². The number of aliphatic imine (C=N–C) groups is 1. The van der Waals surface area contributed by atoms with Crippen molar-refractivity contribution in [3.63, 3.8) is 0 Å². The summed E-state index contributed by atoms with van der Waals surface area (Å²) in [6.45, 7) is 1.00. The minimum atomic E-state index is -4.18. The molecule has 0 radical (unpaired) electrons. The van der Waals surface area contributed by atoms with E-state index >= 15 is 0 Å². The fraction of sp³-hybridized carbons (Fsp3) is 0.444. The second-order valence-electron chi connectivity index (χ2n) is 5.84. The van der Waals surface area contributed by atoms with E-state index in [9.17, 15) is 13.2 Å². The van der Waals surface area contributed by atoms with Crippen LogP contribution in [0.2, 0.25) is 0 Å². The van der Waals surface area contributed by atoms with Gasteiger partial charge in [0, 0.05) is 32.5 Å². The standard InChI is InChI=1S/C18H24F3N5.HI/c1-22-17(24-10-9-18(19,20)21)25-14-16-23-11-13-26(16)12-5-8-15-6-3-2-4-7-15;/h2-4,6-7,11,13H,5,8-10,12,14H2,1H3,(H2,22,24,25);1H. The maximum absolute atomic E-state index is 12.2. The second-order valence-corrected chi connectivity index (χ2v) is 5.84. The third kappa shape index (κ3) is 9.12. The van der Waals surface area contributed by atoms with E-state index in [-0.39, 0.29) is 30.5 Å². The molecule has 0 saturated carbocycles. The van der Waals surface area contributed by atoms with Crippen molar-refractivity contribution in [2.75, 3.05) is 13.6 Å². The Kier molecular flexibility index (Phi) is 10.2. The maximum atomic E-state index is 12.2. The maximum Gasteiger partial charge on any atom is 0.390 e. The lowest BCUT2D eigenvalue weighted by Gasteiger charge is -2.13. The number of imidazole rings is 1. The first-order chi connectivity index (χ1) is 12.5. The van der Waals surface area contributed by atoms with E-state index in [4.69, 9.17) is 0 Å². The number of nitrogens with zero attached hydrogens (tertiary/aromatic N) is 3. The van der Waals surface area contributed by atoms with Gasteiger partial charge in [-0.25, -0.2) is 4.98 Å². The van der Waals surface area contributed by atoms with Crippen LogP contribution in [0.25, 0.3) is 0 Å². The molecule has 1 aromatic heterocycles. The van der Waals surface area contributed by atoms with Gasteiger partial charge in [0.05, 0.1) is 13.0 Å². The molecule has 1 heterocycles. The van der Waals surface area contributed by atoms with Crippen molar-refractivity contribution in [2.45, 2.75) is 38.5 Å². The molecular weight excluding hydrogens is 470 g/mol. The Morgan fingerprint density at radius 1 is 1.19 bits per heavy atom. The Balaban J connectivity index is 0.00000364. The Morgan fingerprint density at radius 3 is 2.59 bits per heavy atom. The van der Waals surface area contributed by atoms with Gasteiger partial charge in [-0.1, -0.05) is 30.3 Å². The van der Waals surface area contributed by atoms with Gasteiger partial charge in [0.1, 0.15) is 5.82 Å². The third-order valence-corrected chi connectivity index (χ3v) is 3.85. The summed E-state index contributed by atoms with van der Waals surface area (Å²) >= 11 is 0. The summed E-state index contributed by atoms with van der Waals surface area (Å²) in [4.78, 5) is 8.23. The van der Waals surface area contributed by atoms with Crippen LogP contribution in [-0.4, -0.2) is 35.3 Å². The predicted octanol–water partition coefficient (Wildman–Crippen LogP) is 3.75. The summed E-state index contributed by atoms with van der Waals surface area (Å²) in [5.74, 6) is 1.14. The molecule has 2 N–H and O–H groups in total. The van der Waals surface area contributed by atoms with Crippen molar-refractivity contribution in [1.82, 2.24) is 20.2 Å². The van der Waals surface area contributed by atoms with Crippen molar-refractivity contribution in [3.8, 4) is 0 Å². The van der Waals surface area contributed by atoms with E-state index in [0.29, 0.717) is 12.5 Å². The smallest absolute Gasteiger partial charge is 0.356 e. The number of aryl methyl sites for hydroxylation is 2. The van der Waals surface area contributed by atoms with Gasteiger partial charge < -0.3 is 15.2 Å². The van der Waals surface area contributed by atoms with Gasteiger partial charge in [-0.15, -0.1) is 24.0 Å². The van der Waals surface area contributed by atoms with Crippen LogP contribution >= 0.6 is 24.0 Å². The van der Waals surface area contributed by atoms with Crippen LogP contribution in [0.4, 0.5) is 13.2 Å². The molecule has 0 saturated heterocycles. The van der Waals surface area contributed by atoms with E-state index in [2.05, 4.69) is 32.7 Å². The first-order valence-electron chi connectivity index (χ1n) is 8.53. The molecule has 0 fully saturated rings. The highest BCUT2D eigenvalue weighted by Crippen LogP contribution is 2.18. The van der Waals surface area contributed by atoms with Crippen molar-refractivity contribution < 1.29 is 13.2 Å². The van der Waals surface area contributed by atoms with E-state index in [1.165, 1.54) is 12.6 Å². The van der Waals surface area contributed by atoms with Crippen LogP contribution in [0.5, 0.6) is 0 Å². The highest BCUT2D eigenvalue weighted by atomic mass is 127. The zero-order valence-corrected chi connectivity index (χ0v) is 17.5. The zero-order chi connectivity index (χ0) is 18.8. The molecule has 0 unspecified atom stereocenters. The molecule has 2 rings (SSSR count). The van der Waals surface area contributed by atoms with Gasteiger partial charge in [-0.05, 0) is 18.4 Å². The van der Waals surface area contributed by atoms with Crippen LogP contribution in [0.1, 0.15) is 24.2 Å². The van der Waals surface area contributed by atoms with Crippen LogP contribution < -0.4 is 10.6 Å². The Hall–Kier alpha value is -1.78. The van der Waals surface area contributed by atoms with Crippen LogP contribution in [-0.2, 0) is 19.5 Å². The highest BCUT2D eigenvalue weighted by Gasteiger charge is 2.26. The molecule has 0 bridgehead atoms. The number of hydrogen-bond acceptors (Lipinski definition) is 2. The monoisotopic (exact) mass is 495 g/mol. The van der Waals surface area contributed by atoms with E-state index in [1.54, 1.807) is 6.20 Å². The lowest BCUT2D eigenvalue weighted by molar-refractivity contribution is -0.132. The van der Waals surface area contributed by atoms with E-state index < -0.39 is 12.6 Å². The highest BCUT2D eigenvalue weighted by molar-refractivity contribution is 14.0. The molecule has 1 aromatic carbocycles. The molecule has 0 amide bonds. The Bertz CT molecular complexity index is 686. The summed E-state index contributed by atoms with van der Waals surface area (Å²) in [5.41, 5.74) is 1.29. The van der Waals surface area contributed by atoms with E-state index in [1.807, 2.05) is 29.0 Å². The molecule has 9 heteroatoms. The summed E-state index contributed by atoms with van der Waals surface area (Å²) in [5, 5.41) is 5.65. The van der Waals surface area contributed by atoms with Gasteiger partial charge in [-0.3, -0.25) is 4.99 Å². The van der Waals surface area contributed by atoms with Crippen LogP contribution in [0.15, 0.2) is 47.7 Å². The van der Waals surface area contributed by atoms with Crippen molar-refractivity contribution in [3.05, 3.63) is 54.1 Å². The summed E-state index contributed by atoms with van der Waals surface area (Å²) in [6.07, 6.45) is 0.502. The van der Waals surface area contributed by atoms with Crippen molar-refractivity contribution in [2.24, 2.45) is 4.99 Å². The molecule has 5 nitrogen and oxygen atoms in total. The number of rotatable bonds is 8. The SMILES string of the molecule is CN=C(NCCC(F)(F)F)NCc1nccn1CCCc1ccccc1.I. The summed E-state index contributed by atoms with van der Waals surface area (Å²) in [7, 11) is 1.52. The molecule has 2 aromatic rings. The van der Waals surface area contributed by atoms with E-state index in [0.717, 1.165) is 25.2 Å². The second kappa shape index (κ2) is 11.8. The van der Waals surface area contributed by atoms with Gasteiger partial charge in [-0.2, -0.15) is 13.2 Å². The zero-order valence-electron chi connectivity index (χ0n) is 15.2. The number of guanidine groups is 1. The largest absolute Gasteiger partial charge is 0.390 e. The molecule has 0 aliphatic rings. The minimum Gasteiger partial charge on any atom is -0.356 e. The molecule has 27 heavy (non-hydrogen) atoms. The molecule has 0 aliphatic carbocycles.